The van der Waals surface area contributed by atoms with Crippen LogP contribution >= 0.6 is 0 Å². The van der Waals surface area contributed by atoms with Gasteiger partial charge in [-0.05, 0) is 63.0 Å². The predicted molar refractivity (Wildman–Crippen MR) is 103 cm³/mol. The van der Waals surface area contributed by atoms with E-state index in [2.05, 4.69) is 6.92 Å². The molecule has 4 fully saturated rings. The van der Waals surface area contributed by atoms with Crippen molar-refractivity contribution in [3.8, 4) is 0 Å². The summed E-state index contributed by atoms with van der Waals surface area (Å²) in [6, 6.07) is 0. The number of ether oxygens (including phenoxy) is 2. The molecule has 0 bridgehead atoms. The van der Waals surface area contributed by atoms with E-state index in [0.29, 0.717) is 12.8 Å². The van der Waals surface area contributed by atoms with Gasteiger partial charge in [0.2, 0.25) is 5.78 Å². The molecule has 6 heteroatoms. The molecule has 0 amide bonds. The van der Waals surface area contributed by atoms with Crippen molar-refractivity contribution < 1.29 is 29.0 Å². The number of allylic oxidation sites excluding steroid dienone is 2. The van der Waals surface area contributed by atoms with Crippen molar-refractivity contribution in [3.05, 3.63) is 23.8 Å². The van der Waals surface area contributed by atoms with Crippen LogP contribution in [0.2, 0.25) is 0 Å². The van der Waals surface area contributed by atoms with E-state index in [1.807, 2.05) is 13.0 Å². The van der Waals surface area contributed by atoms with Crippen molar-refractivity contribution in [3.63, 3.8) is 0 Å². The first-order valence-corrected chi connectivity index (χ1v) is 10.6. The van der Waals surface area contributed by atoms with Gasteiger partial charge in [0.1, 0.15) is 11.2 Å². The zero-order valence-corrected chi connectivity index (χ0v) is 17.2. The minimum atomic E-state index is -1.50. The highest BCUT2D eigenvalue weighted by molar-refractivity contribution is 6.01. The van der Waals surface area contributed by atoms with Crippen molar-refractivity contribution in [2.75, 3.05) is 6.61 Å². The Labute approximate surface area is 170 Å². The molecule has 0 aromatic heterocycles. The van der Waals surface area contributed by atoms with E-state index in [1.165, 1.54) is 6.92 Å². The molecule has 6 nitrogen and oxygen atoms in total. The molecule has 1 aliphatic heterocycles. The van der Waals surface area contributed by atoms with Crippen LogP contribution < -0.4 is 0 Å². The maximum absolute atomic E-state index is 12.9. The maximum atomic E-state index is 12.9. The molecule has 6 unspecified atom stereocenters. The van der Waals surface area contributed by atoms with Gasteiger partial charge in [0.05, 0.1) is 6.10 Å². The van der Waals surface area contributed by atoms with Gasteiger partial charge >= 0.3 is 5.97 Å². The lowest BCUT2D eigenvalue weighted by molar-refractivity contribution is -0.165. The lowest BCUT2D eigenvalue weighted by atomic mass is 9.47. The average molecular weight is 400 g/mol. The zero-order valence-electron chi connectivity index (χ0n) is 17.2. The number of aliphatic hydroxyl groups is 1. The molecule has 1 N–H and O–H groups in total. The Kier molecular flexibility index (Phi) is 3.75. The third kappa shape index (κ3) is 2.17. The van der Waals surface area contributed by atoms with Gasteiger partial charge in [0.15, 0.2) is 12.4 Å². The Balaban J connectivity index is 1.49. The highest BCUT2D eigenvalue weighted by Crippen LogP contribution is 2.75. The Bertz CT molecular complexity index is 888. The summed E-state index contributed by atoms with van der Waals surface area (Å²) in [5.41, 5.74) is -1.61. The highest BCUT2D eigenvalue weighted by Gasteiger charge is 2.81. The van der Waals surface area contributed by atoms with Crippen LogP contribution in [0, 0.1) is 22.7 Å². The molecule has 5 aliphatic rings. The molecule has 0 radical (unpaired) electrons. The number of carbonyl (C=O) groups excluding carboxylic acids is 3. The molecule has 0 aromatic carbocycles. The Morgan fingerprint density at radius 1 is 1.28 bits per heavy atom. The van der Waals surface area contributed by atoms with Crippen LogP contribution in [-0.4, -0.2) is 46.6 Å². The predicted octanol–water partition coefficient (Wildman–Crippen LogP) is 2.29. The van der Waals surface area contributed by atoms with Gasteiger partial charge < -0.3 is 14.6 Å². The maximum Gasteiger partial charge on any atom is 0.303 e. The van der Waals surface area contributed by atoms with E-state index in [1.54, 1.807) is 12.2 Å². The number of fused-ring (bicyclic) bond motifs is 3. The third-order valence-corrected chi connectivity index (χ3v) is 8.95. The Hall–Kier alpha value is -1.79. The molecule has 1 spiro atoms. The zero-order chi connectivity index (χ0) is 20.8. The fourth-order valence-corrected chi connectivity index (χ4v) is 7.40. The van der Waals surface area contributed by atoms with Gasteiger partial charge in [-0.1, -0.05) is 18.6 Å². The first-order valence-electron chi connectivity index (χ1n) is 10.6. The largest absolute Gasteiger partial charge is 0.458 e. The number of carbonyl (C=O) groups is 3. The fraction of sp³-hybridized carbons (Fsp3) is 0.696. The molecular formula is C23H28O6. The van der Waals surface area contributed by atoms with E-state index >= 15 is 0 Å². The molecule has 1 heterocycles. The normalized spacial score (nSPS) is 49.3. The number of esters is 1. The molecular weight excluding hydrogens is 372 g/mol. The van der Waals surface area contributed by atoms with Crippen molar-refractivity contribution in [1.29, 1.82) is 0 Å². The van der Waals surface area contributed by atoms with Gasteiger partial charge in [-0.25, -0.2) is 0 Å². The smallest absolute Gasteiger partial charge is 0.303 e. The van der Waals surface area contributed by atoms with Gasteiger partial charge in [0.25, 0.3) is 0 Å². The summed E-state index contributed by atoms with van der Waals surface area (Å²) in [5.74, 6) is -0.514. The summed E-state index contributed by atoms with van der Waals surface area (Å²) in [6.45, 7) is 5.06. The van der Waals surface area contributed by atoms with E-state index in [4.69, 9.17) is 9.47 Å². The topological polar surface area (TPSA) is 93.2 Å². The van der Waals surface area contributed by atoms with Crippen molar-refractivity contribution in [2.45, 2.75) is 70.2 Å². The molecule has 5 rings (SSSR count). The summed E-state index contributed by atoms with van der Waals surface area (Å²) in [6.07, 6.45) is 8.86. The van der Waals surface area contributed by atoms with Gasteiger partial charge in [-0.15, -0.1) is 0 Å². The summed E-state index contributed by atoms with van der Waals surface area (Å²) in [4.78, 5) is 36.0. The number of epoxide rings is 1. The number of hydrogen-bond donors (Lipinski definition) is 1. The molecule has 156 valence electrons. The summed E-state index contributed by atoms with van der Waals surface area (Å²) in [5, 5.41) is 11.5. The van der Waals surface area contributed by atoms with Crippen LogP contribution in [-0.2, 0) is 23.9 Å². The van der Waals surface area contributed by atoms with Crippen molar-refractivity contribution >= 4 is 17.5 Å². The molecule has 29 heavy (non-hydrogen) atoms. The Morgan fingerprint density at radius 2 is 2.03 bits per heavy atom. The minimum absolute atomic E-state index is 0.0384. The second kappa shape index (κ2) is 5.67. The van der Waals surface area contributed by atoms with Crippen LogP contribution in [0.15, 0.2) is 23.8 Å². The monoisotopic (exact) mass is 400 g/mol. The number of ketones is 2. The summed E-state index contributed by atoms with van der Waals surface area (Å²) >= 11 is 0. The van der Waals surface area contributed by atoms with Gasteiger partial charge in [0, 0.05) is 17.8 Å². The molecule has 0 aromatic rings. The van der Waals surface area contributed by atoms with E-state index in [0.717, 1.165) is 24.8 Å². The lowest BCUT2D eigenvalue weighted by Crippen LogP contribution is -2.61. The van der Waals surface area contributed by atoms with Crippen LogP contribution in [0.3, 0.4) is 0 Å². The van der Waals surface area contributed by atoms with Crippen LogP contribution in [0.4, 0.5) is 0 Å². The van der Waals surface area contributed by atoms with Gasteiger partial charge in [-0.3, -0.25) is 14.4 Å². The number of Topliss-reactive ketones (excluding diaryl/α,β-unsaturated/α-hetero) is 1. The standard InChI is InChI=1S/C23H28O6/c1-13(24)28-12-18(26)22(27)9-7-16-17-5-4-14-10-15(25)6-8-20(14,2)23(17)19(29-23)11-21(16,22)3/h6,8,10,16-17,19,27H,4-5,7,9,11-12H2,1-3H3/t16?,17?,19?,20?,21?,22-,23?/m0/s1. The van der Waals surface area contributed by atoms with E-state index < -0.39 is 22.8 Å². The number of hydrogen-bond acceptors (Lipinski definition) is 6. The minimum Gasteiger partial charge on any atom is -0.458 e. The SMILES string of the molecule is CC(=O)OCC(=O)[C@@]1(O)CCC2C3CCC4=CC(=O)C=CC4(C)C34OC4CC21C. The van der Waals surface area contributed by atoms with Crippen molar-refractivity contribution in [2.24, 2.45) is 22.7 Å². The first kappa shape index (κ1) is 19.2. The summed E-state index contributed by atoms with van der Waals surface area (Å²) in [7, 11) is 0. The molecule has 3 saturated carbocycles. The first-order chi connectivity index (χ1) is 13.6. The Morgan fingerprint density at radius 3 is 2.76 bits per heavy atom. The van der Waals surface area contributed by atoms with Gasteiger partial charge in [-0.2, -0.15) is 0 Å². The van der Waals surface area contributed by atoms with Crippen LogP contribution in [0.5, 0.6) is 0 Å². The summed E-state index contributed by atoms with van der Waals surface area (Å²) < 4.78 is 11.4. The third-order valence-electron chi connectivity index (χ3n) is 8.95. The average Bonchev–Trinajstić information content (AvgIpc) is 3.32. The van der Waals surface area contributed by atoms with Crippen LogP contribution in [0.25, 0.3) is 0 Å². The molecule has 1 saturated heterocycles. The van der Waals surface area contributed by atoms with Crippen LogP contribution in [0.1, 0.15) is 52.9 Å². The quantitative estimate of drug-likeness (QED) is 0.577. The number of rotatable bonds is 3. The molecule has 7 atom stereocenters. The fourth-order valence-electron chi connectivity index (χ4n) is 7.40. The lowest BCUT2D eigenvalue weighted by Gasteiger charge is -2.55. The van der Waals surface area contributed by atoms with Crippen molar-refractivity contribution in [1.82, 2.24) is 0 Å². The molecule has 4 aliphatic carbocycles. The van der Waals surface area contributed by atoms with E-state index in [9.17, 15) is 19.5 Å². The second-order valence-corrected chi connectivity index (χ2v) is 9.98. The van der Waals surface area contributed by atoms with E-state index in [-0.39, 0.29) is 41.3 Å². The second-order valence-electron chi connectivity index (χ2n) is 9.98. The highest BCUT2D eigenvalue weighted by atomic mass is 16.6.